The van der Waals surface area contributed by atoms with Gasteiger partial charge in [0.25, 0.3) is 0 Å². The fourth-order valence-electron chi connectivity index (χ4n) is 1.06. The topological polar surface area (TPSA) is 26.3 Å². The second kappa shape index (κ2) is 8.40. The van der Waals surface area contributed by atoms with Gasteiger partial charge in [-0.25, -0.2) is 0 Å². The second-order valence-electron chi connectivity index (χ2n) is 3.05. The molecule has 2 nitrogen and oxygen atoms in total. The van der Waals surface area contributed by atoms with Gasteiger partial charge in [-0.15, -0.1) is 4.52 Å². The van der Waals surface area contributed by atoms with Gasteiger partial charge in [-0.2, -0.15) is 0 Å². The Bertz CT molecular complexity index is 166. The molecule has 0 N–H and O–H groups in total. The zero-order chi connectivity index (χ0) is 10.1. The third kappa shape index (κ3) is 6.92. The fraction of sp³-hybridized carbons (Fsp3) is 0.800. The van der Waals surface area contributed by atoms with Gasteiger partial charge in [-0.3, -0.25) is 0 Å². The minimum absolute atomic E-state index is 0.503. The molecule has 1 atom stereocenters. The second-order valence-corrected chi connectivity index (χ2v) is 4.46. The van der Waals surface area contributed by atoms with E-state index in [1.165, 1.54) is 19.3 Å². The predicted molar refractivity (Wildman–Crippen MR) is 57.1 cm³/mol. The number of hydrogen-bond acceptors (Lipinski definition) is 2. The van der Waals surface area contributed by atoms with Crippen molar-refractivity contribution in [3.63, 3.8) is 0 Å². The van der Waals surface area contributed by atoms with E-state index in [0.29, 0.717) is 6.61 Å². The number of rotatable bonds is 8. The van der Waals surface area contributed by atoms with Crippen molar-refractivity contribution in [1.29, 1.82) is 0 Å². The first-order chi connectivity index (χ1) is 6.22. The van der Waals surface area contributed by atoms with Crippen LogP contribution >= 0.6 is 8.03 Å². The lowest BCUT2D eigenvalue weighted by Gasteiger charge is -1.94. The first-order valence-electron chi connectivity index (χ1n) is 5.00. The fourth-order valence-corrected chi connectivity index (χ4v) is 1.81. The highest BCUT2D eigenvalue weighted by molar-refractivity contribution is 7.44. The molecule has 0 aliphatic rings. The van der Waals surface area contributed by atoms with E-state index >= 15 is 0 Å². The Kier molecular flexibility index (Phi) is 8.27. The summed E-state index contributed by atoms with van der Waals surface area (Å²) < 4.78 is 16.2. The normalized spacial score (nSPS) is 11.4. The highest BCUT2D eigenvalue weighted by Crippen LogP contribution is 2.35. The lowest BCUT2D eigenvalue weighted by atomic mass is 10.1. The van der Waals surface area contributed by atoms with E-state index in [9.17, 15) is 4.57 Å². The molecule has 0 spiro atoms. The van der Waals surface area contributed by atoms with Crippen molar-refractivity contribution in [3.8, 4) is 0 Å². The molecule has 76 valence electrons. The molecule has 0 radical (unpaired) electrons. The van der Waals surface area contributed by atoms with E-state index in [2.05, 4.69) is 13.5 Å². The van der Waals surface area contributed by atoms with Crippen molar-refractivity contribution in [2.24, 2.45) is 0 Å². The first-order valence-corrected chi connectivity index (χ1v) is 6.18. The molecule has 0 rings (SSSR count). The molecular formula is C10H20O2P+. The van der Waals surface area contributed by atoms with Crippen molar-refractivity contribution >= 4 is 8.03 Å². The van der Waals surface area contributed by atoms with Crippen molar-refractivity contribution < 1.29 is 9.09 Å². The minimum Gasteiger partial charge on any atom is -0.142 e. The summed E-state index contributed by atoms with van der Waals surface area (Å²) in [5, 5.41) is 0.757. The van der Waals surface area contributed by atoms with Gasteiger partial charge in [-0.05, 0) is 24.5 Å². The molecule has 0 saturated heterocycles. The van der Waals surface area contributed by atoms with Crippen LogP contribution in [0.3, 0.4) is 0 Å². The summed E-state index contributed by atoms with van der Waals surface area (Å²) in [5.74, 6) is 0. The highest BCUT2D eigenvalue weighted by atomic mass is 31.1. The molecule has 0 saturated carbocycles. The van der Waals surface area contributed by atoms with Crippen LogP contribution in [-0.4, -0.2) is 6.61 Å². The molecular weight excluding hydrogens is 183 g/mol. The van der Waals surface area contributed by atoms with Crippen LogP contribution in [0.2, 0.25) is 0 Å². The maximum Gasteiger partial charge on any atom is 0.543 e. The van der Waals surface area contributed by atoms with Crippen molar-refractivity contribution in [3.05, 3.63) is 11.9 Å². The third-order valence-corrected chi connectivity index (χ3v) is 3.06. The molecule has 0 fully saturated rings. The molecule has 0 aromatic rings. The minimum atomic E-state index is -1.61. The van der Waals surface area contributed by atoms with Crippen LogP contribution in [0.1, 0.15) is 46.0 Å². The molecule has 0 heterocycles. The van der Waals surface area contributed by atoms with E-state index in [1.54, 1.807) is 0 Å². The summed E-state index contributed by atoms with van der Waals surface area (Å²) in [5.41, 5.74) is 0. The molecule has 13 heavy (non-hydrogen) atoms. The quantitative estimate of drug-likeness (QED) is 0.435. The van der Waals surface area contributed by atoms with Gasteiger partial charge in [-0.1, -0.05) is 26.2 Å². The number of allylic oxidation sites excluding steroid dienone is 1. The Morgan fingerprint density at radius 3 is 2.54 bits per heavy atom. The van der Waals surface area contributed by atoms with Gasteiger partial charge in [0.15, 0.2) is 5.31 Å². The Morgan fingerprint density at radius 2 is 2.00 bits per heavy atom. The van der Waals surface area contributed by atoms with E-state index < -0.39 is 8.03 Å². The smallest absolute Gasteiger partial charge is 0.142 e. The average Bonchev–Trinajstić information content (AvgIpc) is 2.12. The van der Waals surface area contributed by atoms with E-state index in [4.69, 9.17) is 4.52 Å². The van der Waals surface area contributed by atoms with Crippen LogP contribution < -0.4 is 0 Å². The molecule has 0 bridgehead atoms. The average molecular weight is 203 g/mol. The zero-order valence-electron chi connectivity index (χ0n) is 8.71. The monoisotopic (exact) mass is 203 g/mol. The van der Waals surface area contributed by atoms with E-state index in [0.717, 1.165) is 18.2 Å². The Labute approximate surface area is 82.2 Å². The van der Waals surface area contributed by atoms with E-state index in [-0.39, 0.29) is 0 Å². The Balaban J connectivity index is 3.44. The summed E-state index contributed by atoms with van der Waals surface area (Å²) >= 11 is 0. The van der Waals surface area contributed by atoms with Crippen LogP contribution in [0.15, 0.2) is 11.9 Å². The Morgan fingerprint density at radius 1 is 1.31 bits per heavy atom. The summed E-state index contributed by atoms with van der Waals surface area (Å²) in [6, 6.07) is 0. The first kappa shape index (κ1) is 12.8. The molecule has 0 amide bonds. The van der Waals surface area contributed by atoms with E-state index in [1.807, 2.05) is 6.92 Å². The lowest BCUT2D eigenvalue weighted by molar-refractivity contribution is 0.354. The molecule has 0 aliphatic carbocycles. The summed E-state index contributed by atoms with van der Waals surface area (Å²) in [6.45, 7) is 8.29. The summed E-state index contributed by atoms with van der Waals surface area (Å²) in [6.07, 6.45) is 5.60. The van der Waals surface area contributed by atoms with Crippen molar-refractivity contribution in [2.45, 2.75) is 46.0 Å². The van der Waals surface area contributed by atoms with Crippen molar-refractivity contribution in [1.82, 2.24) is 0 Å². The summed E-state index contributed by atoms with van der Waals surface area (Å²) in [7, 11) is -1.61. The summed E-state index contributed by atoms with van der Waals surface area (Å²) in [4.78, 5) is 0. The van der Waals surface area contributed by atoms with Gasteiger partial charge < -0.3 is 0 Å². The van der Waals surface area contributed by atoms with Gasteiger partial charge in [0.05, 0.1) is 0 Å². The maximum absolute atomic E-state index is 11.2. The van der Waals surface area contributed by atoms with Crippen LogP contribution in [0, 0.1) is 0 Å². The van der Waals surface area contributed by atoms with Crippen LogP contribution in [0.25, 0.3) is 0 Å². The SMILES string of the molecule is C=C(CCCCCC)[P+](=O)OCC. The van der Waals surface area contributed by atoms with Crippen molar-refractivity contribution in [2.75, 3.05) is 6.61 Å². The highest BCUT2D eigenvalue weighted by Gasteiger charge is 2.21. The maximum atomic E-state index is 11.2. The molecule has 0 aromatic carbocycles. The van der Waals surface area contributed by atoms with Gasteiger partial charge in [0, 0.05) is 6.42 Å². The van der Waals surface area contributed by atoms with Crippen LogP contribution in [-0.2, 0) is 9.09 Å². The predicted octanol–water partition coefficient (Wildman–Crippen LogP) is 4.25. The molecule has 3 heteroatoms. The van der Waals surface area contributed by atoms with Crippen LogP contribution in [0.5, 0.6) is 0 Å². The van der Waals surface area contributed by atoms with Gasteiger partial charge >= 0.3 is 8.03 Å². The standard InChI is InChI=1S/C10H20O2P/c1-4-6-7-8-9-10(3)13(11)12-5-2/h3-9H2,1-2H3/q+1. The number of unbranched alkanes of at least 4 members (excludes halogenated alkanes) is 3. The number of hydrogen-bond donors (Lipinski definition) is 0. The molecule has 0 aliphatic heterocycles. The van der Waals surface area contributed by atoms with Gasteiger partial charge in [0.1, 0.15) is 6.61 Å². The van der Waals surface area contributed by atoms with Gasteiger partial charge in [0.2, 0.25) is 0 Å². The molecule has 0 aromatic heterocycles. The molecule has 1 unspecified atom stereocenters. The third-order valence-electron chi connectivity index (χ3n) is 1.82. The van der Waals surface area contributed by atoms with Crippen LogP contribution in [0.4, 0.5) is 0 Å². The lowest BCUT2D eigenvalue weighted by Crippen LogP contribution is -1.83. The Hall–Kier alpha value is -0.200. The zero-order valence-corrected chi connectivity index (χ0v) is 9.61. The largest absolute Gasteiger partial charge is 0.543 e.